The average molecular weight is 354 g/mol. The van der Waals surface area contributed by atoms with Crippen molar-refractivity contribution in [3.8, 4) is 0 Å². The number of amides is 2. The van der Waals surface area contributed by atoms with Crippen molar-refractivity contribution in [1.29, 1.82) is 0 Å². The number of nitrogens with one attached hydrogen (secondary N) is 2. The summed E-state index contributed by atoms with van der Waals surface area (Å²) in [5.41, 5.74) is 0. The number of hydrogen-bond acceptors (Lipinski definition) is 7. The lowest BCUT2D eigenvalue weighted by Crippen LogP contribution is -2.44. The zero-order valence-electron chi connectivity index (χ0n) is 12.9. The molecular weight excluding hydrogens is 336 g/mol. The normalized spacial score (nSPS) is 11.9. The van der Waals surface area contributed by atoms with Gasteiger partial charge in [-0.2, -0.15) is 11.8 Å². The van der Waals surface area contributed by atoms with Crippen LogP contribution in [0, 0.1) is 0 Å². The lowest BCUT2D eigenvalue weighted by atomic mass is 10.2. The van der Waals surface area contributed by atoms with E-state index in [0.29, 0.717) is 11.6 Å². The van der Waals surface area contributed by atoms with E-state index in [2.05, 4.69) is 20.8 Å². The van der Waals surface area contributed by atoms with Crippen LogP contribution < -0.4 is 10.6 Å². The van der Waals surface area contributed by atoms with E-state index in [1.807, 2.05) is 13.2 Å². The highest BCUT2D eigenvalue weighted by Crippen LogP contribution is 2.16. The molecule has 2 rings (SSSR count). The molecule has 1 atom stereocenters. The van der Waals surface area contributed by atoms with Crippen LogP contribution in [-0.2, 0) is 11.2 Å². The van der Waals surface area contributed by atoms with Crippen molar-refractivity contribution >= 4 is 40.0 Å². The molecule has 9 heteroatoms. The Morgan fingerprint density at radius 3 is 2.87 bits per heavy atom. The van der Waals surface area contributed by atoms with Crippen LogP contribution in [0.5, 0.6) is 0 Å². The summed E-state index contributed by atoms with van der Waals surface area (Å²) in [4.78, 5) is 24.5. The number of carbonyl (C=O) groups is 2. The predicted molar refractivity (Wildman–Crippen MR) is 90.9 cm³/mol. The number of carbonyl (C=O) groups excluding carboxylic acids is 2. The van der Waals surface area contributed by atoms with Crippen LogP contribution in [0.15, 0.2) is 22.8 Å². The predicted octanol–water partition coefficient (Wildman–Crippen LogP) is 2.18. The van der Waals surface area contributed by atoms with E-state index < -0.39 is 11.9 Å². The third-order valence-electron chi connectivity index (χ3n) is 2.98. The van der Waals surface area contributed by atoms with Gasteiger partial charge in [0, 0.05) is 0 Å². The summed E-state index contributed by atoms with van der Waals surface area (Å²) in [6.07, 6.45) is 4.64. The van der Waals surface area contributed by atoms with E-state index in [1.54, 1.807) is 23.9 Å². The smallest absolute Gasteiger partial charge is 0.287 e. The molecule has 0 unspecified atom stereocenters. The standard InChI is InChI=1S/C14H18N4O3S2/c1-3-11-17-18-14(23-11)16-12(19)9(6-8-22-2)15-13(20)10-5-4-7-21-10/h4-5,7,9H,3,6,8H2,1-2H3,(H,15,20)(H,16,18,19)/t9-/m1/s1. The minimum atomic E-state index is -0.658. The van der Waals surface area contributed by atoms with E-state index in [1.165, 1.54) is 17.6 Å². The first-order valence-electron chi connectivity index (χ1n) is 7.10. The molecule has 2 aromatic rings. The Kier molecular flexibility index (Phi) is 6.60. The second-order valence-corrected chi connectivity index (χ2v) is 6.68. The molecule has 2 aromatic heterocycles. The maximum Gasteiger partial charge on any atom is 0.287 e. The molecule has 0 aliphatic carbocycles. The molecule has 0 aliphatic rings. The van der Waals surface area contributed by atoms with Gasteiger partial charge in [0.25, 0.3) is 5.91 Å². The fraction of sp³-hybridized carbons (Fsp3) is 0.429. The summed E-state index contributed by atoms with van der Waals surface area (Å²) in [7, 11) is 0. The molecule has 0 saturated heterocycles. The van der Waals surface area contributed by atoms with E-state index in [0.717, 1.165) is 17.2 Å². The topological polar surface area (TPSA) is 97.1 Å². The number of aryl methyl sites for hydroxylation is 1. The lowest BCUT2D eigenvalue weighted by molar-refractivity contribution is -0.118. The molecule has 2 heterocycles. The van der Waals surface area contributed by atoms with Crippen molar-refractivity contribution in [2.75, 3.05) is 17.3 Å². The summed E-state index contributed by atoms with van der Waals surface area (Å²) in [5, 5.41) is 14.6. The molecule has 23 heavy (non-hydrogen) atoms. The second-order valence-electron chi connectivity index (χ2n) is 4.63. The fourth-order valence-electron chi connectivity index (χ4n) is 1.78. The fourth-order valence-corrected chi connectivity index (χ4v) is 2.93. The number of rotatable bonds is 8. The molecular formula is C14H18N4O3S2. The first-order valence-corrected chi connectivity index (χ1v) is 9.31. The van der Waals surface area contributed by atoms with Gasteiger partial charge < -0.3 is 9.73 Å². The second kappa shape index (κ2) is 8.68. The number of hydrogen-bond donors (Lipinski definition) is 2. The zero-order chi connectivity index (χ0) is 16.7. The Hall–Kier alpha value is -1.87. The minimum absolute atomic E-state index is 0.177. The summed E-state index contributed by atoms with van der Waals surface area (Å²) in [5.74, 6) is 0.198. The molecule has 0 aliphatic heterocycles. The van der Waals surface area contributed by atoms with Gasteiger partial charge in [-0.1, -0.05) is 18.3 Å². The van der Waals surface area contributed by atoms with Crippen LogP contribution in [0.25, 0.3) is 0 Å². The molecule has 0 aromatic carbocycles. The van der Waals surface area contributed by atoms with Crippen molar-refractivity contribution < 1.29 is 14.0 Å². The number of furan rings is 1. The van der Waals surface area contributed by atoms with Gasteiger partial charge in [0.15, 0.2) is 5.76 Å². The van der Waals surface area contributed by atoms with Crippen LogP contribution in [-0.4, -0.2) is 40.1 Å². The van der Waals surface area contributed by atoms with Crippen molar-refractivity contribution in [3.05, 3.63) is 29.2 Å². The molecule has 0 fully saturated rings. The summed E-state index contributed by atoms with van der Waals surface area (Å²) < 4.78 is 5.05. The molecule has 2 amide bonds. The maximum atomic E-state index is 12.4. The first-order chi connectivity index (χ1) is 11.1. The van der Waals surface area contributed by atoms with Crippen LogP contribution in [0.4, 0.5) is 5.13 Å². The van der Waals surface area contributed by atoms with Gasteiger partial charge in [-0.3, -0.25) is 14.9 Å². The molecule has 2 N–H and O–H groups in total. The Balaban J connectivity index is 2.01. The molecule has 124 valence electrons. The number of thioether (sulfide) groups is 1. The highest BCUT2D eigenvalue weighted by molar-refractivity contribution is 7.98. The Morgan fingerprint density at radius 1 is 1.43 bits per heavy atom. The Morgan fingerprint density at radius 2 is 2.26 bits per heavy atom. The molecule has 0 spiro atoms. The lowest BCUT2D eigenvalue weighted by Gasteiger charge is -2.16. The van der Waals surface area contributed by atoms with Crippen molar-refractivity contribution in [3.63, 3.8) is 0 Å². The first kappa shape index (κ1) is 17.5. The van der Waals surface area contributed by atoms with Gasteiger partial charge in [0.2, 0.25) is 11.0 Å². The van der Waals surface area contributed by atoms with Gasteiger partial charge in [-0.15, -0.1) is 10.2 Å². The number of anilines is 1. The van der Waals surface area contributed by atoms with Gasteiger partial charge in [0.05, 0.1) is 6.26 Å². The van der Waals surface area contributed by atoms with E-state index in [4.69, 9.17) is 4.42 Å². The summed E-state index contributed by atoms with van der Waals surface area (Å²) >= 11 is 2.93. The molecule has 0 radical (unpaired) electrons. The van der Waals surface area contributed by atoms with E-state index in [-0.39, 0.29) is 11.7 Å². The monoisotopic (exact) mass is 354 g/mol. The van der Waals surface area contributed by atoms with Crippen molar-refractivity contribution in [1.82, 2.24) is 15.5 Å². The summed E-state index contributed by atoms with van der Waals surface area (Å²) in [6, 6.07) is 2.52. The summed E-state index contributed by atoms with van der Waals surface area (Å²) in [6.45, 7) is 1.97. The van der Waals surface area contributed by atoms with Crippen LogP contribution in [0.2, 0.25) is 0 Å². The average Bonchev–Trinajstić information content (AvgIpc) is 3.22. The van der Waals surface area contributed by atoms with Gasteiger partial charge >= 0.3 is 0 Å². The van der Waals surface area contributed by atoms with E-state index >= 15 is 0 Å². The third kappa shape index (κ3) is 5.07. The largest absolute Gasteiger partial charge is 0.459 e. The third-order valence-corrected chi connectivity index (χ3v) is 4.60. The molecule has 0 bridgehead atoms. The van der Waals surface area contributed by atoms with Gasteiger partial charge in [0.1, 0.15) is 11.0 Å². The highest BCUT2D eigenvalue weighted by Gasteiger charge is 2.23. The SMILES string of the molecule is CCc1nnc(NC(=O)[C@@H](CCSC)NC(=O)c2ccco2)s1. The highest BCUT2D eigenvalue weighted by atomic mass is 32.2. The Bertz CT molecular complexity index is 642. The quantitative estimate of drug-likeness (QED) is 0.754. The minimum Gasteiger partial charge on any atom is -0.459 e. The molecule has 0 saturated carbocycles. The zero-order valence-corrected chi connectivity index (χ0v) is 14.5. The molecule has 7 nitrogen and oxygen atoms in total. The van der Waals surface area contributed by atoms with Crippen molar-refractivity contribution in [2.45, 2.75) is 25.8 Å². The maximum absolute atomic E-state index is 12.4. The van der Waals surface area contributed by atoms with Crippen LogP contribution in [0.1, 0.15) is 28.9 Å². The Labute approximate surface area is 142 Å². The van der Waals surface area contributed by atoms with Crippen molar-refractivity contribution in [2.24, 2.45) is 0 Å². The number of nitrogens with zero attached hydrogens (tertiary/aromatic N) is 2. The van der Waals surface area contributed by atoms with Gasteiger partial charge in [-0.05, 0) is 37.0 Å². The van der Waals surface area contributed by atoms with Crippen LogP contribution >= 0.6 is 23.1 Å². The van der Waals surface area contributed by atoms with Crippen LogP contribution in [0.3, 0.4) is 0 Å². The van der Waals surface area contributed by atoms with E-state index in [9.17, 15) is 9.59 Å². The number of aromatic nitrogens is 2. The van der Waals surface area contributed by atoms with Gasteiger partial charge in [-0.25, -0.2) is 0 Å².